The molecule has 0 bridgehead atoms. The Bertz CT molecular complexity index is 1290. The number of anilines is 5. The van der Waals surface area contributed by atoms with Gasteiger partial charge in [-0.25, -0.2) is 18.1 Å². The quantitative estimate of drug-likeness (QED) is 0.500. The fraction of sp³-hybridized carbons (Fsp3) is 0.364. The Kier molecular flexibility index (Phi) is 6.53. The predicted molar refractivity (Wildman–Crippen MR) is 130 cm³/mol. The van der Waals surface area contributed by atoms with Crippen LogP contribution in [0.15, 0.2) is 47.6 Å². The number of aryl methyl sites for hydroxylation is 1. The van der Waals surface area contributed by atoms with E-state index in [1.807, 2.05) is 38.1 Å². The third kappa shape index (κ3) is 4.46. The number of nitrogens with one attached hydrogen (secondary N) is 2. The third-order valence-electron chi connectivity index (χ3n) is 5.56. The molecule has 1 amide bonds. The molecule has 2 aromatic heterocycles. The van der Waals surface area contributed by atoms with Gasteiger partial charge in [-0.2, -0.15) is 10.1 Å². The van der Waals surface area contributed by atoms with Crippen molar-refractivity contribution in [3.8, 4) is 0 Å². The van der Waals surface area contributed by atoms with Crippen molar-refractivity contribution in [3.05, 3.63) is 42.7 Å². The van der Waals surface area contributed by atoms with Crippen LogP contribution < -0.4 is 19.8 Å². The van der Waals surface area contributed by atoms with E-state index in [4.69, 9.17) is 4.98 Å². The monoisotopic (exact) mass is 484 g/mol. The molecule has 0 fully saturated rings. The molecule has 0 aliphatic carbocycles. The Labute approximate surface area is 198 Å². The Morgan fingerprint density at radius 1 is 1.09 bits per heavy atom. The van der Waals surface area contributed by atoms with Crippen LogP contribution in [0.2, 0.25) is 0 Å². The zero-order valence-electron chi connectivity index (χ0n) is 19.6. The van der Waals surface area contributed by atoms with Crippen LogP contribution >= 0.6 is 0 Å². The number of rotatable bonds is 8. The van der Waals surface area contributed by atoms with Gasteiger partial charge >= 0.3 is 0 Å². The second-order valence-electron chi connectivity index (χ2n) is 7.99. The summed E-state index contributed by atoms with van der Waals surface area (Å²) in [6, 6.07) is 7.76. The van der Waals surface area contributed by atoms with Gasteiger partial charge in [0.2, 0.25) is 21.9 Å². The van der Waals surface area contributed by atoms with Crippen LogP contribution in [-0.2, 0) is 21.9 Å². The molecule has 1 unspecified atom stereocenters. The maximum atomic E-state index is 13.0. The minimum absolute atomic E-state index is 0.0570. The van der Waals surface area contributed by atoms with Crippen LogP contribution in [-0.4, -0.2) is 53.7 Å². The number of amides is 1. The molecule has 2 N–H and O–H groups in total. The van der Waals surface area contributed by atoms with Gasteiger partial charge in [0.05, 0.1) is 11.1 Å². The predicted octanol–water partition coefficient (Wildman–Crippen LogP) is 2.54. The number of hydrogen-bond acceptors (Lipinski definition) is 8. The van der Waals surface area contributed by atoms with Gasteiger partial charge in [0.1, 0.15) is 11.7 Å². The van der Waals surface area contributed by atoms with E-state index in [0.717, 1.165) is 0 Å². The summed E-state index contributed by atoms with van der Waals surface area (Å²) in [4.78, 5) is 25.6. The van der Waals surface area contributed by atoms with E-state index >= 15 is 0 Å². The molecule has 34 heavy (non-hydrogen) atoms. The first-order valence-electron chi connectivity index (χ1n) is 11.1. The molecule has 4 rings (SSSR count). The van der Waals surface area contributed by atoms with Crippen LogP contribution in [0.1, 0.15) is 26.7 Å². The molecular weight excluding hydrogens is 456 g/mol. The topological polar surface area (TPSA) is 125 Å². The minimum atomic E-state index is -3.54. The molecule has 0 saturated carbocycles. The van der Waals surface area contributed by atoms with E-state index in [2.05, 4.69) is 20.1 Å². The fourth-order valence-corrected chi connectivity index (χ4v) is 4.90. The van der Waals surface area contributed by atoms with Crippen LogP contribution in [0.4, 0.5) is 29.0 Å². The van der Waals surface area contributed by atoms with E-state index in [9.17, 15) is 13.2 Å². The SMILES string of the molecule is CCCNS(=O)(=O)c1ccc(Nc2ncc3c(n2)N(c2ccn(C)n2)C(CC)C(=O)N3C)cc1. The summed E-state index contributed by atoms with van der Waals surface area (Å²) in [5.74, 6) is 1.44. The lowest BCUT2D eigenvalue weighted by Crippen LogP contribution is -2.50. The van der Waals surface area contributed by atoms with Crippen molar-refractivity contribution >= 4 is 44.9 Å². The molecule has 3 heterocycles. The van der Waals surface area contributed by atoms with Gasteiger partial charge in [0.15, 0.2) is 11.6 Å². The molecule has 1 aliphatic heterocycles. The van der Waals surface area contributed by atoms with E-state index in [-0.39, 0.29) is 10.8 Å². The van der Waals surface area contributed by atoms with Crippen molar-refractivity contribution in [2.45, 2.75) is 37.6 Å². The Morgan fingerprint density at radius 3 is 2.44 bits per heavy atom. The number of carbonyl (C=O) groups is 1. The fourth-order valence-electron chi connectivity index (χ4n) is 3.76. The van der Waals surface area contributed by atoms with Gasteiger partial charge < -0.3 is 10.2 Å². The standard InChI is InChI=1S/C22H28N8O3S/c1-5-12-24-34(32,33)16-9-7-15(8-10-16)25-22-23-14-18-20(26-22)30(19-11-13-28(3)27-19)17(6-2)21(31)29(18)4/h7-11,13-14,17,24H,5-6,12H2,1-4H3,(H,23,25,26). The van der Waals surface area contributed by atoms with Crippen LogP contribution in [0, 0.1) is 0 Å². The van der Waals surface area contributed by atoms with Crippen LogP contribution in [0.3, 0.4) is 0 Å². The summed E-state index contributed by atoms with van der Waals surface area (Å²) >= 11 is 0. The summed E-state index contributed by atoms with van der Waals surface area (Å²) in [6.07, 6.45) is 4.70. The number of fused-ring (bicyclic) bond motifs is 1. The van der Waals surface area contributed by atoms with Gasteiger partial charge in [0, 0.05) is 38.6 Å². The third-order valence-corrected chi connectivity index (χ3v) is 7.04. The lowest BCUT2D eigenvalue weighted by atomic mass is 10.1. The van der Waals surface area contributed by atoms with Crippen molar-refractivity contribution < 1.29 is 13.2 Å². The molecular formula is C22H28N8O3S. The summed E-state index contributed by atoms with van der Waals surface area (Å²) in [5, 5.41) is 7.61. The number of benzene rings is 1. The first kappa shape index (κ1) is 23.6. The Hall–Kier alpha value is -3.51. The second kappa shape index (κ2) is 9.39. The molecule has 3 aromatic rings. The number of carbonyl (C=O) groups excluding carboxylic acids is 1. The highest BCUT2D eigenvalue weighted by atomic mass is 32.2. The average molecular weight is 485 g/mol. The van der Waals surface area contributed by atoms with Crippen molar-refractivity contribution in [1.82, 2.24) is 24.5 Å². The molecule has 12 heteroatoms. The summed E-state index contributed by atoms with van der Waals surface area (Å²) in [5.41, 5.74) is 1.21. The number of sulfonamides is 1. The van der Waals surface area contributed by atoms with Crippen molar-refractivity contribution in [1.29, 1.82) is 0 Å². The normalized spacial score (nSPS) is 16.0. The largest absolute Gasteiger partial charge is 0.324 e. The number of nitrogens with zero attached hydrogens (tertiary/aromatic N) is 6. The maximum Gasteiger partial charge on any atom is 0.250 e. The van der Waals surface area contributed by atoms with E-state index in [1.165, 1.54) is 12.1 Å². The lowest BCUT2D eigenvalue weighted by Gasteiger charge is -2.39. The smallest absolute Gasteiger partial charge is 0.250 e. The van der Waals surface area contributed by atoms with Gasteiger partial charge in [0.25, 0.3) is 0 Å². The Balaban J connectivity index is 1.65. The summed E-state index contributed by atoms with van der Waals surface area (Å²) in [6.45, 7) is 4.23. The summed E-state index contributed by atoms with van der Waals surface area (Å²) in [7, 11) is -0.0152. The highest BCUT2D eigenvalue weighted by molar-refractivity contribution is 7.89. The zero-order chi connectivity index (χ0) is 24.5. The van der Waals surface area contributed by atoms with Crippen molar-refractivity contribution in [2.24, 2.45) is 7.05 Å². The second-order valence-corrected chi connectivity index (χ2v) is 9.76. The zero-order valence-corrected chi connectivity index (χ0v) is 20.4. The summed E-state index contributed by atoms with van der Waals surface area (Å²) < 4.78 is 28.8. The van der Waals surface area contributed by atoms with E-state index in [1.54, 1.807) is 35.0 Å². The lowest BCUT2D eigenvalue weighted by molar-refractivity contribution is -0.119. The molecule has 180 valence electrons. The molecule has 1 aliphatic rings. The number of likely N-dealkylation sites (N-methyl/N-ethyl adjacent to an activating group) is 1. The van der Waals surface area contributed by atoms with Gasteiger partial charge in [-0.15, -0.1) is 0 Å². The van der Waals surface area contributed by atoms with E-state index < -0.39 is 16.1 Å². The number of aromatic nitrogens is 4. The minimum Gasteiger partial charge on any atom is -0.324 e. The van der Waals surface area contributed by atoms with Gasteiger partial charge in [-0.05, 0) is 37.1 Å². The number of hydrogen-bond donors (Lipinski definition) is 2. The molecule has 0 saturated heterocycles. The Morgan fingerprint density at radius 2 is 1.82 bits per heavy atom. The van der Waals surface area contributed by atoms with Crippen molar-refractivity contribution in [2.75, 3.05) is 28.7 Å². The van der Waals surface area contributed by atoms with E-state index in [0.29, 0.717) is 48.3 Å². The average Bonchev–Trinajstić information content (AvgIpc) is 3.26. The van der Waals surface area contributed by atoms with Crippen molar-refractivity contribution in [3.63, 3.8) is 0 Å². The van der Waals surface area contributed by atoms with Crippen LogP contribution in [0.5, 0.6) is 0 Å². The highest BCUT2D eigenvalue weighted by Crippen LogP contribution is 2.39. The molecule has 1 aromatic carbocycles. The maximum absolute atomic E-state index is 13.0. The molecule has 0 radical (unpaired) electrons. The van der Waals surface area contributed by atoms with Crippen LogP contribution in [0.25, 0.3) is 0 Å². The molecule has 11 nitrogen and oxygen atoms in total. The highest BCUT2D eigenvalue weighted by Gasteiger charge is 2.39. The van der Waals surface area contributed by atoms with Gasteiger partial charge in [-0.1, -0.05) is 13.8 Å². The van der Waals surface area contributed by atoms with Gasteiger partial charge in [-0.3, -0.25) is 14.4 Å². The first-order valence-corrected chi connectivity index (χ1v) is 12.5. The molecule has 0 spiro atoms. The molecule has 1 atom stereocenters. The first-order chi connectivity index (χ1) is 16.2.